The smallest absolute Gasteiger partial charge is 0.481 e. The number of carbonyl (C=O) groups excluding carboxylic acids is 1. The summed E-state index contributed by atoms with van der Waals surface area (Å²) in [6, 6.07) is 21.3. The van der Waals surface area contributed by atoms with E-state index in [-0.39, 0.29) is 31.2 Å². The van der Waals surface area contributed by atoms with Gasteiger partial charge in [0.05, 0.1) is 12.1 Å². The van der Waals surface area contributed by atoms with Crippen molar-refractivity contribution in [3.63, 3.8) is 0 Å². The zero-order valence-electron chi connectivity index (χ0n) is 19.3. The van der Waals surface area contributed by atoms with Crippen LogP contribution in [-0.2, 0) is 11.4 Å². The fourth-order valence-electron chi connectivity index (χ4n) is 3.54. The van der Waals surface area contributed by atoms with Crippen molar-refractivity contribution in [1.29, 1.82) is 0 Å². The van der Waals surface area contributed by atoms with Crippen LogP contribution in [-0.4, -0.2) is 34.9 Å². The molecule has 0 aliphatic rings. The molecule has 37 heavy (non-hydrogen) atoms. The average Bonchev–Trinajstić information content (AvgIpc) is 2.86. The minimum atomic E-state index is -4.77. The minimum Gasteiger partial charge on any atom is -0.481 e. The van der Waals surface area contributed by atoms with E-state index in [9.17, 15) is 22.8 Å². The number of fused-ring (bicyclic) bond motifs is 1. The van der Waals surface area contributed by atoms with Crippen LogP contribution in [0.4, 0.5) is 13.2 Å². The number of alkyl halides is 3. The molecule has 190 valence electrons. The number of amides is 1. The van der Waals surface area contributed by atoms with E-state index in [4.69, 9.17) is 9.84 Å². The van der Waals surface area contributed by atoms with Crippen LogP contribution in [0.1, 0.15) is 22.3 Å². The standard InChI is InChI=1S/C27H21F3N2O5/c28-27(29,30)37-21-11-9-18(10-12-21)23-15-20-3-1-2-4-22(20)26(32-23)36-16-17-5-7-19(8-6-17)25(35)31-14-13-24(33)34/h1-12,15H,13-14,16H2,(H,31,35)(H,33,34). The highest BCUT2D eigenvalue weighted by Gasteiger charge is 2.31. The van der Waals surface area contributed by atoms with Crippen molar-refractivity contribution in [2.75, 3.05) is 6.54 Å². The van der Waals surface area contributed by atoms with Gasteiger partial charge in [-0.25, -0.2) is 4.98 Å². The summed E-state index contributed by atoms with van der Waals surface area (Å²) in [6.45, 7) is 0.186. The summed E-state index contributed by atoms with van der Waals surface area (Å²) in [6.07, 6.45) is -4.94. The number of nitrogens with zero attached hydrogens (tertiary/aromatic N) is 1. The second-order valence-electron chi connectivity index (χ2n) is 7.99. The fraction of sp³-hybridized carbons (Fsp3) is 0.148. The largest absolute Gasteiger partial charge is 0.573 e. The van der Waals surface area contributed by atoms with E-state index in [1.807, 2.05) is 30.3 Å². The summed E-state index contributed by atoms with van der Waals surface area (Å²) >= 11 is 0. The summed E-state index contributed by atoms with van der Waals surface area (Å²) in [5, 5.41) is 12.8. The third-order valence-corrected chi connectivity index (χ3v) is 5.31. The Morgan fingerprint density at radius 2 is 1.65 bits per heavy atom. The van der Waals surface area contributed by atoms with E-state index in [2.05, 4.69) is 15.0 Å². The molecule has 0 saturated heterocycles. The van der Waals surface area contributed by atoms with Crippen LogP contribution in [0, 0.1) is 0 Å². The van der Waals surface area contributed by atoms with Crippen molar-refractivity contribution in [2.45, 2.75) is 19.4 Å². The number of benzene rings is 3. The lowest BCUT2D eigenvalue weighted by Gasteiger charge is -2.12. The summed E-state index contributed by atoms with van der Waals surface area (Å²) < 4.78 is 47.3. The molecule has 0 aliphatic carbocycles. The molecule has 0 spiro atoms. The number of carboxylic acid groups (broad SMARTS) is 1. The molecule has 10 heteroatoms. The Morgan fingerprint density at radius 3 is 2.32 bits per heavy atom. The van der Waals surface area contributed by atoms with Crippen molar-refractivity contribution in [2.24, 2.45) is 0 Å². The predicted octanol–water partition coefficient (Wildman–Crippen LogP) is 5.58. The average molecular weight is 510 g/mol. The Kier molecular flexibility index (Phi) is 7.57. The highest BCUT2D eigenvalue weighted by atomic mass is 19.4. The van der Waals surface area contributed by atoms with E-state index in [1.165, 1.54) is 24.3 Å². The van der Waals surface area contributed by atoms with Crippen LogP contribution in [0.25, 0.3) is 22.0 Å². The van der Waals surface area contributed by atoms with Crippen molar-refractivity contribution in [3.05, 3.63) is 90.0 Å². The quantitative estimate of drug-likeness (QED) is 0.305. The van der Waals surface area contributed by atoms with E-state index in [1.54, 1.807) is 24.3 Å². The first-order valence-corrected chi connectivity index (χ1v) is 11.2. The monoisotopic (exact) mass is 510 g/mol. The number of ether oxygens (including phenoxy) is 2. The molecule has 4 aromatic rings. The molecular formula is C27H21F3N2O5. The van der Waals surface area contributed by atoms with Crippen molar-refractivity contribution >= 4 is 22.6 Å². The van der Waals surface area contributed by atoms with Gasteiger partial charge in [-0.3, -0.25) is 9.59 Å². The summed E-state index contributed by atoms with van der Waals surface area (Å²) in [5.74, 6) is -1.35. The first kappa shape index (κ1) is 25.5. The lowest BCUT2D eigenvalue weighted by molar-refractivity contribution is -0.274. The number of hydrogen-bond acceptors (Lipinski definition) is 5. The van der Waals surface area contributed by atoms with Crippen LogP contribution < -0.4 is 14.8 Å². The topological polar surface area (TPSA) is 97.8 Å². The molecule has 3 aromatic carbocycles. The Balaban J connectivity index is 1.50. The second-order valence-corrected chi connectivity index (χ2v) is 7.99. The van der Waals surface area contributed by atoms with Gasteiger partial charge in [-0.15, -0.1) is 13.2 Å². The molecule has 0 atom stereocenters. The van der Waals surface area contributed by atoms with Crippen molar-refractivity contribution in [3.8, 4) is 22.9 Å². The molecule has 1 aromatic heterocycles. The minimum absolute atomic E-state index is 0.0339. The van der Waals surface area contributed by atoms with E-state index in [0.29, 0.717) is 22.7 Å². The lowest BCUT2D eigenvalue weighted by atomic mass is 10.1. The molecule has 1 heterocycles. The van der Waals surface area contributed by atoms with Crippen LogP contribution in [0.15, 0.2) is 78.9 Å². The SMILES string of the molecule is O=C(O)CCNC(=O)c1ccc(COc2nc(-c3ccc(OC(F)(F)F)cc3)cc3ccccc23)cc1. The van der Waals surface area contributed by atoms with Crippen LogP contribution in [0.3, 0.4) is 0 Å². The van der Waals surface area contributed by atoms with Gasteiger partial charge >= 0.3 is 12.3 Å². The summed E-state index contributed by atoms with van der Waals surface area (Å²) in [4.78, 5) is 27.3. The zero-order valence-corrected chi connectivity index (χ0v) is 19.3. The van der Waals surface area contributed by atoms with E-state index >= 15 is 0 Å². The maximum Gasteiger partial charge on any atom is 0.573 e. The zero-order chi connectivity index (χ0) is 26.4. The van der Waals surface area contributed by atoms with Gasteiger partial charge in [0.2, 0.25) is 5.88 Å². The first-order chi connectivity index (χ1) is 17.7. The number of aromatic nitrogens is 1. The third kappa shape index (κ3) is 6.97. The number of nitrogens with one attached hydrogen (secondary N) is 1. The number of carboxylic acids is 1. The van der Waals surface area contributed by atoms with Gasteiger partial charge in [0.25, 0.3) is 5.91 Å². The van der Waals surface area contributed by atoms with Gasteiger partial charge in [-0.1, -0.05) is 30.3 Å². The Labute approximate surface area is 209 Å². The third-order valence-electron chi connectivity index (χ3n) is 5.31. The molecule has 0 fully saturated rings. The van der Waals surface area contributed by atoms with E-state index in [0.717, 1.165) is 16.3 Å². The van der Waals surface area contributed by atoms with Crippen LogP contribution in [0.2, 0.25) is 0 Å². The Bertz CT molecular complexity index is 1400. The maximum absolute atomic E-state index is 12.5. The van der Waals surface area contributed by atoms with Gasteiger partial charge in [0.1, 0.15) is 12.4 Å². The number of halogens is 3. The maximum atomic E-state index is 12.5. The number of hydrogen-bond donors (Lipinski definition) is 2. The van der Waals surface area contributed by atoms with Gasteiger partial charge in [-0.05, 0) is 59.5 Å². The number of aliphatic carboxylic acids is 1. The van der Waals surface area contributed by atoms with E-state index < -0.39 is 12.3 Å². The van der Waals surface area contributed by atoms with Crippen molar-refractivity contribution in [1.82, 2.24) is 10.3 Å². The molecule has 2 N–H and O–H groups in total. The normalized spacial score (nSPS) is 11.2. The molecular weight excluding hydrogens is 489 g/mol. The van der Waals surface area contributed by atoms with Crippen LogP contribution >= 0.6 is 0 Å². The molecule has 4 rings (SSSR count). The molecule has 0 unspecified atom stereocenters. The molecule has 0 aliphatic heterocycles. The molecule has 0 bridgehead atoms. The Morgan fingerprint density at radius 1 is 0.946 bits per heavy atom. The van der Waals surface area contributed by atoms with Crippen LogP contribution in [0.5, 0.6) is 11.6 Å². The second kappa shape index (κ2) is 11.0. The fourth-order valence-corrected chi connectivity index (χ4v) is 3.54. The van der Waals surface area contributed by atoms with Gasteiger partial charge in [-0.2, -0.15) is 0 Å². The summed E-state index contributed by atoms with van der Waals surface area (Å²) in [5.41, 5.74) is 2.26. The van der Waals surface area contributed by atoms with Crippen molar-refractivity contribution < 1.29 is 37.3 Å². The molecule has 0 saturated carbocycles. The van der Waals surface area contributed by atoms with Gasteiger partial charge in [0.15, 0.2) is 0 Å². The predicted molar refractivity (Wildman–Crippen MR) is 129 cm³/mol. The first-order valence-electron chi connectivity index (χ1n) is 11.2. The highest BCUT2D eigenvalue weighted by molar-refractivity contribution is 5.94. The Hall–Kier alpha value is -4.60. The highest BCUT2D eigenvalue weighted by Crippen LogP contribution is 2.31. The number of pyridine rings is 1. The lowest BCUT2D eigenvalue weighted by Crippen LogP contribution is -2.25. The number of carbonyl (C=O) groups is 2. The van der Waals surface area contributed by atoms with Gasteiger partial charge < -0.3 is 19.9 Å². The molecule has 7 nitrogen and oxygen atoms in total. The van der Waals surface area contributed by atoms with Gasteiger partial charge in [0, 0.05) is 23.1 Å². The molecule has 0 radical (unpaired) electrons. The summed E-state index contributed by atoms with van der Waals surface area (Å²) in [7, 11) is 0. The number of rotatable bonds is 9. The molecule has 1 amide bonds.